The summed E-state index contributed by atoms with van der Waals surface area (Å²) in [6.45, 7) is 7.27. The highest BCUT2D eigenvalue weighted by molar-refractivity contribution is 6.17. The number of rotatable bonds is 4. The van der Waals surface area contributed by atoms with Crippen LogP contribution in [0.2, 0.25) is 0 Å². The molecular formula is C10H16ClN3. The summed E-state index contributed by atoms with van der Waals surface area (Å²) in [7, 11) is 0. The summed E-state index contributed by atoms with van der Waals surface area (Å²) in [6.07, 6.45) is 3.56. The molecule has 0 amide bonds. The molecule has 0 unspecified atom stereocenters. The van der Waals surface area contributed by atoms with Gasteiger partial charge in [-0.25, -0.2) is 9.97 Å². The third-order valence-electron chi connectivity index (χ3n) is 2.07. The SMILES string of the molecule is CCN(c1ncc(CCl)cn1)C(C)C. The molecule has 4 heteroatoms. The number of anilines is 1. The zero-order valence-corrected chi connectivity index (χ0v) is 9.62. The molecule has 0 fully saturated rings. The summed E-state index contributed by atoms with van der Waals surface area (Å²) >= 11 is 5.66. The van der Waals surface area contributed by atoms with E-state index in [1.807, 2.05) is 0 Å². The smallest absolute Gasteiger partial charge is 0.225 e. The summed E-state index contributed by atoms with van der Waals surface area (Å²) in [5, 5.41) is 0. The topological polar surface area (TPSA) is 29.0 Å². The maximum Gasteiger partial charge on any atom is 0.225 e. The first kappa shape index (κ1) is 11.2. The second kappa shape index (κ2) is 5.15. The molecule has 0 saturated carbocycles. The Morgan fingerprint density at radius 2 is 1.93 bits per heavy atom. The minimum atomic E-state index is 0.418. The van der Waals surface area contributed by atoms with Crippen LogP contribution < -0.4 is 4.90 Å². The van der Waals surface area contributed by atoms with E-state index in [0.717, 1.165) is 18.1 Å². The Bertz CT molecular complexity index is 271. The number of hydrogen-bond donors (Lipinski definition) is 0. The van der Waals surface area contributed by atoms with E-state index in [4.69, 9.17) is 11.6 Å². The molecule has 0 aliphatic rings. The first-order chi connectivity index (χ1) is 6.69. The lowest BCUT2D eigenvalue weighted by Crippen LogP contribution is -2.31. The average molecular weight is 214 g/mol. The van der Waals surface area contributed by atoms with Gasteiger partial charge in [-0.3, -0.25) is 0 Å². The van der Waals surface area contributed by atoms with Crippen molar-refractivity contribution in [3.8, 4) is 0 Å². The van der Waals surface area contributed by atoms with Gasteiger partial charge in [0.05, 0.1) is 5.88 Å². The van der Waals surface area contributed by atoms with E-state index in [1.165, 1.54) is 0 Å². The molecule has 0 aliphatic heterocycles. The lowest BCUT2D eigenvalue weighted by Gasteiger charge is -2.24. The predicted molar refractivity (Wildman–Crippen MR) is 59.7 cm³/mol. The zero-order chi connectivity index (χ0) is 10.6. The monoisotopic (exact) mass is 213 g/mol. The van der Waals surface area contributed by atoms with Crippen LogP contribution in [0.5, 0.6) is 0 Å². The fourth-order valence-corrected chi connectivity index (χ4v) is 1.44. The van der Waals surface area contributed by atoms with Crippen LogP contribution in [-0.2, 0) is 5.88 Å². The molecule has 1 aromatic rings. The second-order valence-corrected chi connectivity index (χ2v) is 3.67. The summed E-state index contributed by atoms with van der Waals surface area (Å²) in [4.78, 5) is 10.7. The summed E-state index contributed by atoms with van der Waals surface area (Å²) in [5.74, 6) is 1.24. The van der Waals surface area contributed by atoms with Crippen LogP contribution in [0.1, 0.15) is 26.3 Å². The first-order valence-corrected chi connectivity index (χ1v) is 5.36. The van der Waals surface area contributed by atoms with Gasteiger partial charge in [-0.05, 0) is 20.8 Å². The van der Waals surface area contributed by atoms with Gasteiger partial charge >= 0.3 is 0 Å². The maximum atomic E-state index is 5.66. The van der Waals surface area contributed by atoms with Crippen molar-refractivity contribution in [1.29, 1.82) is 0 Å². The molecule has 0 saturated heterocycles. The maximum absolute atomic E-state index is 5.66. The quantitative estimate of drug-likeness (QED) is 0.720. The molecule has 78 valence electrons. The molecule has 0 atom stereocenters. The standard InChI is InChI=1S/C10H16ClN3/c1-4-14(8(2)3)10-12-6-9(5-11)7-13-10/h6-8H,4-5H2,1-3H3. The van der Waals surface area contributed by atoms with E-state index < -0.39 is 0 Å². The van der Waals surface area contributed by atoms with Gasteiger partial charge in [-0.2, -0.15) is 0 Å². The number of aromatic nitrogens is 2. The highest BCUT2D eigenvalue weighted by Crippen LogP contribution is 2.11. The van der Waals surface area contributed by atoms with Crippen molar-refractivity contribution >= 4 is 17.5 Å². The molecule has 0 spiro atoms. The van der Waals surface area contributed by atoms with Gasteiger partial charge in [0.2, 0.25) is 5.95 Å². The van der Waals surface area contributed by atoms with Crippen LogP contribution in [0, 0.1) is 0 Å². The molecule has 1 rings (SSSR count). The van der Waals surface area contributed by atoms with Crippen molar-refractivity contribution in [1.82, 2.24) is 9.97 Å². The van der Waals surface area contributed by atoms with Crippen molar-refractivity contribution in [2.75, 3.05) is 11.4 Å². The minimum absolute atomic E-state index is 0.418. The van der Waals surface area contributed by atoms with Crippen molar-refractivity contribution < 1.29 is 0 Å². The molecule has 0 aliphatic carbocycles. The molecular weight excluding hydrogens is 198 g/mol. The highest BCUT2D eigenvalue weighted by Gasteiger charge is 2.10. The van der Waals surface area contributed by atoms with Crippen LogP contribution in [0.15, 0.2) is 12.4 Å². The third-order valence-corrected chi connectivity index (χ3v) is 2.38. The highest BCUT2D eigenvalue weighted by atomic mass is 35.5. The van der Waals surface area contributed by atoms with Gasteiger partial charge in [0, 0.05) is 30.5 Å². The molecule has 3 nitrogen and oxygen atoms in total. The van der Waals surface area contributed by atoms with Gasteiger partial charge in [0.15, 0.2) is 0 Å². The molecule has 14 heavy (non-hydrogen) atoms. The Kier molecular flexibility index (Phi) is 4.14. The number of hydrogen-bond acceptors (Lipinski definition) is 3. The lowest BCUT2D eigenvalue weighted by atomic mass is 10.3. The predicted octanol–water partition coefficient (Wildman–Crippen LogP) is 2.45. The lowest BCUT2D eigenvalue weighted by molar-refractivity contribution is 0.680. The van der Waals surface area contributed by atoms with Crippen LogP contribution in [-0.4, -0.2) is 22.6 Å². The van der Waals surface area contributed by atoms with E-state index in [1.54, 1.807) is 12.4 Å². The van der Waals surface area contributed by atoms with Crippen molar-refractivity contribution in [2.24, 2.45) is 0 Å². The van der Waals surface area contributed by atoms with E-state index >= 15 is 0 Å². The zero-order valence-electron chi connectivity index (χ0n) is 8.87. The van der Waals surface area contributed by atoms with Gasteiger partial charge in [-0.1, -0.05) is 0 Å². The Labute approximate surface area is 90.1 Å². The molecule has 1 aromatic heterocycles. The van der Waals surface area contributed by atoms with Crippen LogP contribution >= 0.6 is 11.6 Å². The molecule has 0 bridgehead atoms. The van der Waals surface area contributed by atoms with Crippen LogP contribution in [0.3, 0.4) is 0 Å². The fraction of sp³-hybridized carbons (Fsp3) is 0.600. The molecule has 0 N–H and O–H groups in total. The largest absolute Gasteiger partial charge is 0.339 e. The number of alkyl halides is 1. The van der Waals surface area contributed by atoms with Gasteiger partial charge < -0.3 is 4.90 Å². The van der Waals surface area contributed by atoms with Gasteiger partial charge in [0.1, 0.15) is 0 Å². The molecule has 0 radical (unpaired) electrons. The van der Waals surface area contributed by atoms with Crippen LogP contribution in [0.4, 0.5) is 5.95 Å². The van der Waals surface area contributed by atoms with Crippen molar-refractivity contribution in [2.45, 2.75) is 32.7 Å². The molecule has 0 aromatic carbocycles. The fourth-order valence-electron chi connectivity index (χ4n) is 1.30. The number of nitrogens with zero attached hydrogens (tertiary/aromatic N) is 3. The van der Waals surface area contributed by atoms with Crippen molar-refractivity contribution in [3.05, 3.63) is 18.0 Å². The Balaban J connectivity index is 2.84. The Morgan fingerprint density at radius 1 is 1.36 bits per heavy atom. The van der Waals surface area contributed by atoms with Crippen LogP contribution in [0.25, 0.3) is 0 Å². The van der Waals surface area contributed by atoms with E-state index in [9.17, 15) is 0 Å². The van der Waals surface area contributed by atoms with Gasteiger partial charge in [0.25, 0.3) is 0 Å². The minimum Gasteiger partial charge on any atom is -0.339 e. The first-order valence-electron chi connectivity index (χ1n) is 4.82. The van der Waals surface area contributed by atoms with Gasteiger partial charge in [-0.15, -0.1) is 11.6 Å². The Hall–Kier alpha value is -0.830. The number of halogens is 1. The summed E-state index contributed by atoms with van der Waals surface area (Å²) in [5.41, 5.74) is 0.954. The summed E-state index contributed by atoms with van der Waals surface area (Å²) < 4.78 is 0. The van der Waals surface area contributed by atoms with E-state index in [2.05, 4.69) is 35.6 Å². The normalized spacial score (nSPS) is 10.6. The average Bonchev–Trinajstić information content (AvgIpc) is 2.19. The van der Waals surface area contributed by atoms with E-state index in [0.29, 0.717) is 11.9 Å². The molecule has 1 heterocycles. The third kappa shape index (κ3) is 2.58. The Morgan fingerprint density at radius 3 is 2.29 bits per heavy atom. The summed E-state index contributed by atoms with van der Waals surface area (Å²) in [6, 6.07) is 0.418. The van der Waals surface area contributed by atoms with Crippen molar-refractivity contribution in [3.63, 3.8) is 0 Å². The van der Waals surface area contributed by atoms with E-state index in [-0.39, 0.29) is 0 Å². The second-order valence-electron chi connectivity index (χ2n) is 3.40.